The number of nitrogens with one attached hydrogen (secondary N) is 1. The molecular weight excluding hydrogens is 216 g/mol. The van der Waals surface area contributed by atoms with Crippen molar-refractivity contribution in [3.8, 4) is 23.9 Å². The molecule has 0 aliphatic heterocycles. The van der Waals surface area contributed by atoms with E-state index in [1.54, 1.807) is 0 Å². The summed E-state index contributed by atoms with van der Waals surface area (Å²) in [6.07, 6.45) is 5.12. The van der Waals surface area contributed by atoms with Gasteiger partial charge in [-0.1, -0.05) is 17.1 Å². The van der Waals surface area contributed by atoms with Gasteiger partial charge in [-0.3, -0.25) is 5.32 Å². The van der Waals surface area contributed by atoms with Gasteiger partial charge in [0.2, 0.25) is 11.7 Å². The minimum absolute atomic E-state index is 0.461. The standard InChI is InChI=1S/C12H12N4O/c1-3-7-13-8-11-15-12(16-17-11)10-6-4-5-9(2)14-10/h1,4-6,13H,7-8H2,2H3. The van der Waals surface area contributed by atoms with E-state index < -0.39 is 0 Å². The number of aryl methyl sites for hydroxylation is 1. The number of rotatable bonds is 4. The second kappa shape index (κ2) is 5.23. The number of nitrogens with zero attached hydrogens (tertiary/aromatic N) is 3. The summed E-state index contributed by atoms with van der Waals surface area (Å²) < 4.78 is 5.07. The van der Waals surface area contributed by atoms with Crippen LogP contribution < -0.4 is 5.32 Å². The molecule has 0 radical (unpaired) electrons. The normalized spacial score (nSPS) is 10.1. The van der Waals surface area contributed by atoms with Crippen LogP contribution in [-0.4, -0.2) is 21.7 Å². The van der Waals surface area contributed by atoms with Gasteiger partial charge in [0.1, 0.15) is 5.69 Å². The second-order valence-corrected chi connectivity index (χ2v) is 3.48. The predicted octanol–water partition coefficient (Wildman–Crippen LogP) is 1.16. The van der Waals surface area contributed by atoms with Gasteiger partial charge in [-0.2, -0.15) is 4.98 Å². The summed E-state index contributed by atoms with van der Waals surface area (Å²) in [5.74, 6) is 3.46. The third-order valence-corrected chi connectivity index (χ3v) is 2.09. The molecule has 0 spiro atoms. The molecule has 86 valence electrons. The summed E-state index contributed by atoms with van der Waals surface area (Å²) in [7, 11) is 0. The monoisotopic (exact) mass is 228 g/mol. The number of hydrogen-bond donors (Lipinski definition) is 1. The molecule has 0 amide bonds. The van der Waals surface area contributed by atoms with E-state index in [1.807, 2.05) is 25.1 Å². The van der Waals surface area contributed by atoms with Crippen LogP contribution >= 0.6 is 0 Å². The zero-order chi connectivity index (χ0) is 12.1. The molecule has 0 bridgehead atoms. The lowest BCUT2D eigenvalue weighted by Gasteiger charge is -1.94. The van der Waals surface area contributed by atoms with Crippen LogP contribution in [0, 0.1) is 19.3 Å². The lowest BCUT2D eigenvalue weighted by Crippen LogP contribution is -2.13. The van der Waals surface area contributed by atoms with Gasteiger partial charge in [0, 0.05) is 5.69 Å². The minimum Gasteiger partial charge on any atom is -0.337 e. The van der Waals surface area contributed by atoms with Crippen LogP contribution in [0.3, 0.4) is 0 Å². The zero-order valence-electron chi connectivity index (χ0n) is 9.47. The highest BCUT2D eigenvalue weighted by molar-refractivity contribution is 5.47. The molecule has 0 saturated carbocycles. The summed E-state index contributed by atoms with van der Waals surface area (Å²) in [6, 6.07) is 5.67. The number of pyridine rings is 1. The summed E-state index contributed by atoms with van der Waals surface area (Å²) >= 11 is 0. The van der Waals surface area contributed by atoms with Gasteiger partial charge < -0.3 is 4.52 Å². The largest absolute Gasteiger partial charge is 0.337 e. The van der Waals surface area contributed by atoms with Gasteiger partial charge in [-0.15, -0.1) is 6.42 Å². The summed E-state index contributed by atoms with van der Waals surface area (Å²) in [5.41, 5.74) is 1.62. The maximum absolute atomic E-state index is 5.12. The average molecular weight is 228 g/mol. The first kappa shape index (κ1) is 11.3. The van der Waals surface area contributed by atoms with Crippen molar-refractivity contribution >= 4 is 0 Å². The fraction of sp³-hybridized carbons (Fsp3) is 0.250. The first-order chi connectivity index (χ1) is 8.29. The van der Waals surface area contributed by atoms with Crippen LogP contribution in [0.5, 0.6) is 0 Å². The van der Waals surface area contributed by atoms with E-state index in [0.717, 1.165) is 5.69 Å². The smallest absolute Gasteiger partial charge is 0.240 e. The molecule has 0 aliphatic rings. The summed E-state index contributed by atoms with van der Waals surface area (Å²) in [5, 5.41) is 6.84. The van der Waals surface area contributed by atoms with Crippen molar-refractivity contribution in [2.45, 2.75) is 13.5 Å². The molecule has 2 heterocycles. The third kappa shape index (κ3) is 2.89. The fourth-order valence-electron chi connectivity index (χ4n) is 1.34. The molecule has 0 unspecified atom stereocenters. The Morgan fingerprint density at radius 2 is 2.29 bits per heavy atom. The molecule has 17 heavy (non-hydrogen) atoms. The molecule has 2 aromatic heterocycles. The van der Waals surface area contributed by atoms with Crippen molar-refractivity contribution in [1.82, 2.24) is 20.4 Å². The molecule has 0 atom stereocenters. The van der Waals surface area contributed by atoms with Crippen LogP contribution in [0.2, 0.25) is 0 Å². The lowest BCUT2D eigenvalue weighted by atomic mass is 10.3. The van der Waals surface area contributed by atoms with E-state index in [-0.39, 0.29) is 0 Å². The van der Waals surface area contributed by atoms with E-state index in [4.69, 9.17) is 10.9 Å². The average Bonchev–Trinajstić information content (AvgIpc) is 2.78. The Balaban J connectivity index is 2.10. The fourth-order valence-corrected chi connectivity index (χ4v) is 1.34. The van der Waals surface area contributed by atoms with Crippen molar-refractivity contribution in [3.05, 3.63) is 29.8 Å². The van der Waals surface area contributed by atoms with Crippen LogP contribution in [0.4, 0.5) is 0 Å². The van der Waals surface area contributed by atoms with Gasteiger partial charge in [0.25, 0.3) is 0 Å². The Hall–Kier alpha value is -2.19. The molecule has 0 fully saturated rings. The van der Waals surface area contributed by atoms with Crippen molar-refractivity contribution in [3.63, 3.8) is 0 Å². The molecular formula is C12H12N4O. The van der Waals surface area contributed by atoms with Crippen LogP contribution in [0.15, 0.2) is 22.7 Å². The first-order valence-electron chi connectivity index (χ1n) is 5.20. The van der Waals surface area contributed by atoms with Gasteiger partial charge >= 0.3 is 0 Å². The van der Waals surface area contributed by atoms with E-state index in [9.17, 15) is 0 Å². The molecule has 5 heteroatoms. The molecule has 0 aromatic carbocycles. The summed E-state index contributed by atoms with van der Waals surface area (Å²) in [4.78, 5) is 8.54. The molecule has 0 aliphatic carbocycles. The van der Waals surface area contributed by atoms with Gasteiger partial charge in [0.15, 0.2) is 0 Å². The molecule has 1 N–H and O–H groups in total. The Kier molecular flexibility index (Phi) is 3.48. The van der Waals surface area contributed by atoms with Crippen molar-refractivity contribution in [2.24, 2.45) is 0 Å². The predicted molar refractivity (Wildman–Crippen MR) is 62.8 cm³/mol. The van der Waals surface area contributed by atoms with E-state index in [1.165, 1.54) is 0 Å². The van der Waals surface area contributed by atoms with E-state index in [2.05, 4.69) is 26.4 Å². The first-order valence-corrected chi connectivity index (χ1v) is 5.20. The Morgan fingerprint density at radius 1 is 1.41 bits per heavy atom. The highest BCUT2D eigenvalue weighted by Crippen LogP contribution is 2.12. The van der Waals surface area contributed by atoms with Gasteiger partial charge in [-0.25, -0.2) is 4.98 Å². The molecule has 0 saturated heterocycles. The number of aromatic nitrogens is 3. The maximum atomic E-state index is 5.12. The molecule has 2 aromatic rings. The van der Waals surface area contributed by atoms with E-state index >= 15 is 0 Å². The highest BCUT2D eigenvalue weighted by atomic mass is 16.5. The van der Waals surface area contributed by atoms with Crippen LogP contribution in [0.25, 0.3) is 11.5 Å². The minimum atomic E-state index is 0.461. The number of hydrogen-bond acceptors (Lipinski definition) is 5. The van der Waals surface area contributed by atoms with Crippen LogP contribution in [-0.2, 0) is 6.54 Å². The third-order valence-electron chi connectivity index (χ3n) is 2.09. The van der Waals surface area contributed by atoms with Crippen LogP contribution in [0.1, 0.15) is 11.6 Å². The highest BCUT2D eigenvalue weighted by Gasteiger charge is 2.08. The second-order valence-electron chi connectivity index (χ2n) is 3.48. The zero-order valence-corrected chi connectivity index (χ0v) is 9.47. The van der Waals surface area contributed by atoms with Crippen molar-refractivity contribution < 1.29 is 4.52 Å². The van der Waals surface area contributed by atoms with Gasteiger partial charge in [0.05, 0.1) is 13.1 Å². The molecule has 2 rings (SSSR count). The maximum Gasteiger partial charge on any atom is 0.240 e. The van der Waals surface area contributed by atoms with Crippen molar-refractivity contribution in [1.29, 1.82) is 0 Å². The Bertz CT molecular complexity index is 541. The number of terminal acetylenes is 1. The lowest BCUT2D eigenvalue weighted by molar-refractivity contribution is 0.370. The summed E-state index contributed by atoms with van der Waals surface area (Å²) in [6.45, 7) is 2.85. The topological polar surface area (TPSA) is 63.8 Å². The van der Waals surface area contributed by atoms with Crippen molar-refractivity contribution in [2.75, 3.05) is 6.54 Å². The Morgan fingerprint density at radius 3 is 3.06 bits per heavy atom. The SMILES string of the molecule is C#CCNCc1nc(-c2cccc(C)n2)no1. The molecule has 5 nitrogen and oxygen atoms in total. The Labute approximate surface area is 99.3 Å². The van der Waals surface area contributed by atoms with Gasteiger partial charge in [-0.05, 0) is 19.1 Å². The van der Waals surface area contributed by atoms with E-state index in [0.29, 0.717) is 30.5 Å². The quantitative estimate of drug-likeness (QED) is 0.628.